The first-order chi connectivity index (χ1) is 15.3. The highest BCUT2D eigenvalue weighted by atomic mass is 16.7. The lowest BCUT2D eigenvalue weighted by Gasteiger charge is -2.27. The quantitative estimate of drug-likeness (QED) is 0.633. The van der Waals surface area contributed by atoms with Gasteiger partial charge in [0.2, 0.25) is 18.6 Å². The van der Waals surface area contributed by atoms with E-state index in [-0.39, 0.29) is 6.79 Å². The smallest absolute Gasteiger partial charge is 0.231 e. The van der Waals surface area contributed by atoms with Gasteiger partial charge in [0, 0.05) is 49.9 Å². The molecule has 3 aliphatic heterocycles. The molecule has 9 heteroatoms. The first-order valence-electron chi connectivity index (χ1n) is 10.9. The molecule has 162 valence electrons. The largest absolute Gasteiger partial charge is 0.475 e. The van der Waals surface area contributed by atoms with E-state index in [1.807, 2.05) is 18.3 Å². The molecule has 0 saturated carbocycles. The predicted molar refractivity (Wildman–Crippen MR) is 117 cm³/mol. The Morgan fingerprint density at radius 3 is 2.74 bits per heavy atom. The summed E-state index contributed by atoms with van der Waals surface area (Å²) in [6.07, 6.45) is 4.20. The van der Waals surface area contributed by atoms with Crippen LogP contribution in [0.4, 0.5) is 5.95 Å². The van der Waals surface area contributed by atoms with Gasteiger partial charge in [-0.05, 0) is 32.5 Å². The molecule has 6 rings (SSSR count). The van der Waals surface area contributed by atoms with Gasteiger partial charge in [-0.15, -0.1) is 0 Å². The fourth-order valence-corrected chi connectivity index (χ4v) is 4.61. The summed E-state index contributed by atoms with van der Waals surface area (Å²) in [6, 6.07) is 4.29. The first-order valence-corrected chi connectivity index (χ1v) is 10.9. The highest BCUT2D eigenvalue weighted by molar-refractivity contribution is 6.06. The lowest BCUT2D eigenvalue weighted by molar-refractivity contribution is 0.174. The van der Waals surface area contributed by atoms with Gasteiger partial charge in [0.1, 0.15) is 6.61 Å². The molecule has 3 aromatic rings. The third-order valence-electron chi connectivity index (χ3n) is 6.46. The van der Waals surface area contributed by atoms with Gasteiger partial charge in [0.25, 0.3) is 0 Å². The number of rotatable bonds is 4. The van der Waals surface area contributed by atoms with E-state index in [4.69, 9.17) is 24.2 Å². The molecule has 2 fully saturated rings. The topological polar surface area (TPSA) is 84.9 Å². The zero-order chi connectivity index (χ0) is 20.8. The fraction of sp³-hybridized carbons (Fsp3) is 0.500. The number of hydrogen-bond donors (Lipinski definition) is 1. The molecule has 3 aliphatic rings. The van der Waals surface area contributed by atoms with E-state index in [1.54, 1.807) is 0 Å². The Hall–Kier alpha value is -2.91. The normalized spacial score (nSPS) is 21.3. The van der Waals surface area contributed by atoms with E-state index in [9.17, 15) is 0 Å². The Kier molecular flexibility index (Phi) is 4.65. The summed E-state index contributed by atoms with van der Waals surface area (Å²) in [6.45, 7) is 5.58. The maximum atomic E-state index is 6.26. The second-order valence-corrected chi connectivity index (χ2v) is 8.40. The Morgan fingerprint density at radius 1 is 1.10 bits per heavy atom. The molecule has 31 heavy (non-hydrogen) atoms. The van der Waals surface area contributed by atoms with Gasteiger partial charge < -0.3 is 29.3 Å². The zero-order valence-electron chi connectivity index (χ0n) is 17.6. The summed E-state index contributed by atoms with van der Waals surface area (Å²) in [7, 11) is 2.15. The van der Waals surface area contributed by atoms with Gasteiger partial charge in [0.05, 0.1) is 16.4 Å². The van der Waals surface area contributed by atoms with Crippen LogP contribution >= 0.6 is 0 Å². The van der Waals surface area contributed by atoms with Crippen LogP contribution < -0.4 is 24.4 Å². The standard InChI is InChI=1S/C22H26N6O3/c1-27-6-2-3-14(27)12-29-21-16-11-24-22(28-7-4-23-5-8-28)26-20(16)15-9-18-19(31-13-30-18)10-17(15)25-21/h9-11,14,23H,2-8,12-13H2,1H3. The SMILES string of the molecule is CN1CCCC1COc1nc2cc3c(cc2c2nc(N4CCNCC4)ncc12)OCO3. The molecule has 0 aliphatic carbocycles. The third kappa shape index (κ3) is 3.37. The molecule has 2 aromatic heterocycles. The van der Waals surface area contributed by atoms with Crippen LogP contribution in [0.2, 0.25) is 0 Å². The van der Waals surface area contributed by atoms with Crippen molar-refractivity contribution in [2.75, 3.05) is 58.1 Å². The van der Waals surface area contributed by atoms with E-state index < -0.39 is 0 Å². The zero-order valence-corrected chi connectivity index (χ0v) is 17.6. The molecule has 0 radical (unpaired) electrons. The molecule has 1 aromatic carbocycles. The molecule has 0 amide bonds. The van der Waals surface area contributed by atoms with Crippen LogP contribution in [0.1, 0.15) is 12.8 Å². The molecular weight excluding hydrogens is 396 g/mol. The minimum atomic E-state index is 0.224. The van der Waals surface area contributed by atoms with Crippen LogP contribution in [0, 0.1) is 0 Å². The molecule has 2 saturated heterocycles. The number of anilines is 1. The Balaban J connectivity index is 1.45. The number of hydrogen-bond acceptors (Lipinski definition) is 9. The van der Waals surface area contributed by atoms with Crippen molar-refractivity contribution in [1.82, 2.24) is 25.2 Å². The van der Waals surface area contributed by atoms with Gasteiger partial charge in [-0.1, -0.05) is 0 Å². The number of likely N-dealkylation sites (tertiary alicyclic amines) is 1. The third-order valence-corrected chi connectivity index (χ3v) is 6.46. The van der Waals surface area contributed by atoms with Crippen molar-refractivity contribution in [3.63, 3.8) is 0 Å². The van der Waals surface area contributed by atoms with E-state index in [0.29, 0.717) is 24.3 Å². The van der Waals surface area contributed by atoms with Crippen LogP contribution in [-0.2, 0) is 0 Å². The van der Waals surface area contributed by atoms with E-state index >= 15 is 0 Å². The van der Waals surface area contributed by atoms with Crippen molar-refractivity contribution < 1.29 is 14.2 Å². The van der Waals surface area contributed by atoms with Crippen LogP contribution in [0.5, 0.6) is 17.4 Å². The van der Waals surface area contributed by atoms with Crippen molar-refractivity contribution in [3.05, 3.63) is 18.3 Å². The van der Waals surface area contributed by atoms with Crippen molar-refractivity contribution in [1.29, 1.82) is 0 Å². The summed E-state index contributed by atoms with van der Waals surface area (Å²) in [5.41, 5.74) is 1.62. The molecule has 9 nitrogen and oxygen atoms in total. The number of nitrogens with one attached hydrogen (secondary N) is 1. The number of nitrogens with zero attached hydrogens (tertiary/aromatic N) is 5. The van der Waals surface area contributed by atoms with Gasteiger partial charge >= 0.3 is 0 Å². The second kappa shape index (κ2) is 7.65. The van der Waals surface area contributed by atoms with Crippen LogP contribution in [0.25, 0.3) is 21.8 Å². The highest BCUT2D eigenvalue weighted by Crippen LogP contribution is 2.39. The lowest BCUT2D eigenvalue weighted by Crippen LogP contribution is -2.44. The number of aromatic nitrogens is 3. The molecule has 0 spiro atoms. The Labute approximate surface area is 180 Å². The number of fused-ring (bicyclic) bond motifs is 4. The predicted octanol–water partition coefficient (Wildman–Crippen LogP) is 1.79. The highest BCUT2D eigenvalue weighted by Gasteiger charge is 2.24. The average molecular weight is 422 g/mol. The van der Waals surface area contributed by atoms with Crippen molar-refractivity contribution >= 4 is 27.8 Å². The van der Waals surface area contributed by atoms with Crippen LogP contribution in [-0.4, -0.2) is 79.1 Å². The van der Waals surface area contributed by atoms with Gasteiger partial charge in [-0.2, -0.15) is 0 Å². The van der Waals surface area contributed by atoms with Crippen LogP contribution in [0.3, 0.4) is 0 Å². The summed E-state index contributed by atoms with van der Waals surface area (Å²) in [4.78, 5) is 19.0. The Bertz CT molecular complexity index is 1130. The second-order valence-electron chi connectivity index (χ2n) is 8.40. The molecule has 5 heterocycles. The monoisotopic (exact) mass is 422 g/mol. The number of benzene rings is 1. The fourth-order valence-electron chi connectivity index (χ4n) is 4.61. The number of pyridine rings is 1. The molecule has 1 unspecified atom stereocenters. The lowest BCUT2D eigenvalue weighted by atomic mass is 10.1. The Morgan fingerprint density at radius 2 is 1.94 bits per heavy atom. The van der Waals surface area contributed by atoms with Crippen molar-refractivity contribution in [2.24, 2.45) is 0 Å². The van der Waals surface area contributed by atoms with Crippen molar-refractivity contribution in [2.45, 2.75) is 18.9 Å². The number of likely N-dealkylation sites (N-methyl/N-ethyl adjacent to an activating group) is 1. The summed E-state index contributed by atoms with van der Waals surface area (Å²) in [5.74, 6) is 2.74. The molecule has 1 N–H and O–H groups in total. The molecule has 0 bridgehead atoms. The van der Waals surface area contributed by atoms with E-state index in [0.717, 1.165) is 72.6 Å². The van der Waals surface area contributed by atoms with Gasteiger partial charge in [0.15, 0.2) is 11.5 Å². The van der Waals surface area contributed by atoms with E-state index in [2.05, 4.69) is 27.1 Å². The summed E-state index contributed by atoms with van der Waals surface area (Å²) < 4.78 is 17.4. The number of piperazine rings is 1. The first kappa shape index (κ1) is 18.8. The maximum absolute atomic E-state index is 6.26. The summed E-state index contributed by atoms with van der Waals surface area (Å²) >= 11 is 0. The maximum Gasteiger partial charge on any atom is 0.231 e. The molecular formula is C22H26N6O3. The van der Waals surface area contributed by atoms with Gasteiger partial charge in [-0.25, -0.2) is 15.0 Å². The average Bonchev–Trinajstić information content (AvgIpc) is 3.44. The van der Waals surface area contributed by atoms with Crippen LogP contribution in [0.15, 0.2) is 18.3 Å². The minimum absolute atomic E-state index is 0.224. The summed E-state index contributed by atoms with van der Waals surface area (Å²) in [5, 5.41) is 5.12. The van der Waals surface area contributed by atoms with E-state index in [1.165, 1.54) is 6.42 Å². The van der Waals surface area contributed by atoms with Crippen molar-refractivity contribution in [3.8, 4) is 17.4 Å². The van der Waals surface area contributed by atoms with Gasteiger partial charge in [-0.3, -0.25) is 0 Å². The minimum Gasteiger partial charge on any atom is -0.475 e. The molecule has 1 atom stereocenters. The number of ether oxygens (including phenoxy) is 3.